The quantitative estimate of drug-likeness (QED) is 0.170. The summed E-state index contributed by atoms with van der Waals surface area (Å²) < 4.78 is 0. The summed E-state index contributed by atoms with van der Waals surface area (Å²) in [4.78, 5) is 2.50. The number of hydrogen-bond acceptors (Lipinski definition) is 1. The molecule has 58 heavy (non-hydrogen) atoms. The first-order valence-electron chi connectivity index (χ1n) is 20.8. The Morgan fingerprint density at radius 3 is 1.57 bits per heavy atom. The lowest BCUT2D eigenvalue weighted by molar-refractivity contribution is 0.660. The molecular formula is C57H47N. The normalized spacial score (nSPS) is 15.5. The van der Waals surface area contributed by atoms with Crippen LogP contribution >= 0.6 is 0 Å². The maximum absolute atomic E-state index is 2.50. The summed E-state index contributed by atoms with van der Waals surface area (Å²) in [5, 5.41) is 0. The van der Waals surface area contributed by atoms with Crippen LogP contribution in [0.5, 0.6) is 0 Å². The SMILES string of the molecule is CC1(C)c2ccccc2-c2ccc(-c3ccc(N(c4cccc(-c5cccc6c5C(C)(C)c5ccccc5-6)c4)c4cccc5c4-c4ccccc4C5(C)C)cc3)cc21. The van der Waals surface area contributed by atoms with Crippen LogP contribution in [0, 0.1) is 0 Å². The molecule has 0 bridgehead atoms. The van der Waals surface area contributed by atoms with Gasteiger partial charge >= 0.3 is 0 Å². The van der Waals surface area contributed by atoms with E-state index in [2.05, 4.69) is 222 Å². The molecular weight excluding hydrogens is 699 g/mol. The highest BCUT2D eigenvalue weighted by Crippen LogP contribution is 2.56. The Morgan fingerprint density at radius 2 is 0.828 bits per heavy atom. The molecule has 0 amide bonds. The lowest BCUT2D eigenvalue weighted by atomic mass is 9.79. The van der Waals surface area contributed by atoms with Gasteiger partial charge < -0.3 is 4.90 Å². The molecule has 8 aromatic carbocycles. The fourth-order valence-electron chi connectivity index (χ4n) is 10.9. The zero-order valence-corrected chi connectivity index (χ0v) is 34.2. The molecule has 3 aliphatic rings. The van der Waals surface area contributed by atoms with Gasteiger partial charge in [-0.15, -0.1) is 0 Å². The van der Waals surface area contributed by atoms with E-state index < -0.39 is 0 Å². The topological polar surface area (TPSA) is 3.24 Å². The average Bonchev–Trinajstić information content (AvgIpc) is 3.74. The first-order chi connectivity index (χ1) is 28.0. The molecule has 0 saturated carbocycles. The van der Waals surface area contributed by atoms with E-state index in [0.29, 0.717) is 0 Å². The third-order valence-corrected chi connectivity index (χ3v) is 13.9. The predicted molar refractivity (Wildman–Crippen MR) is 245 cm³/mol. The summed E-state index contributed by atoms with van der Waals surface area (Å²) in [5.41, 5.74) is 24.6. The van der Waals surface area contributed by atoms with Gasteiger partial charge in [0.05, 0.1) is 5.69 Å². The van der Waals surface area contributed by atoms with Gasteiger partial charge in [-0.05, 0) is 120 Å². The van der Waals surface area contributed by atoms with Gasteiger partial charge in [-0.1, -0.05) is 181 Å². The fourth-order valence-corrected chi connectivity index (χ4v) is 10.9. The summed E-state index contributed by atoms with van der Waals surface area (Å²) in [5.74, 6) is 0. The number of benzene rings is 8. The maximum atomic E-state index is 2.50. The monoisotopic (exact) mass is 745 g/mol. The van der Waals surface area contributed by atoms with Crippen LogP contribution in [-0.4, -0.2) is 0 Å². The number of nitrogens with zero attached hydrogens (tertiary/aromatic N) is 1. The zero-order valence-electron chi connectivity index (χ0n) is 34.2. The van der Waals surface area contributed by atoms with Gasteiger partial charge in [0.1, 0.15) is 0 Å². The molecule has 0 fully saturated rings. The standard InChI is InChI=1S/C57H47N/c1-55(2)49-25-12-9-20-46(49)53-50(55)26-15-27-52(53)58(39-31-28-36(29-32-39)37-30-33-44-42-18-7-10-23-47(42)56(3,4)51(44)35-37)40-17-13-16-38(34-40)41-21-14-22-45-43-19-8-11-24-48(43)57(5,6)54(41)45/h7-35H,1-6H3. The second-order valence-electron chi connectivity index (χ2n) is 18.1. The molecule has 0 spiro atoms. The van der Waals surface area contributed by atoms with Gasteiger partial charge in [0, 0.05) is 33.2 Å². The predicted octanol–water partition coefficient (Wildman–Crippen LogP) is 15.4. The third kappa shape index (κ3) is 4.83. The molecule has 0 atom stereocenters. The van der Waals surface area contributed by atoms with E-state index in [1.807, 2.05) is 0 Å². The molecule has 0 aromatic heterocycles. The Balaban J connectivity index is 1.07. The molecule has 0 N–H and O–H groups in total. The van der Waals surface area contributed by atoms with Gasteiger partial charge in [0.15, 0.2) is 0 Å². The van der Waals surface area contributed by atoms with Gasteiger partial charge in [0.2, 0.25) is 0 Å². The Hall–Kier alpha value is -6.44. The van der Waals surface area contributed by atoms with Crippen LogP contribution in [0.25, 0.3) is 55.6 Å². The van der Waals surface area contributed by atoms with E-state index in [1.54, 1.807) is 0 Å². The van der Waals surface area contributed by atoms with Crippen LogP contribution in [0.1, 0.15) is 74.9 Å². The number of hydrogen-bond donors (Lipinski definition) is 0. The first kappa shape index (κ1) is 34.8. The minimum atomic E-state index is -0.112. The van der Waals surface area contributed by atoms with Gasteiger partial charge in [0.25, 0.3) is 0 Å². The molecule has 280 valence electrons. The number of anilines is 3. The minimum Gasteiger partial charge on any atom is -0.310 e. The summed E-state index contributed by atoms with van der Waals surface area (Å²) in [6.07, 6.45) is 0. The van der Waals surface area contributed by atoms with Crippen LogP contribution in [0.15, 0.2) is 176 Å². The summed E-state index contributed by atoms with van der Waals surface area (Å²) in [6.45, 7) is 14.2. The van der Waals surface area contributed by atoms with Crippen LogP contribution in [0.2, 0.25) is 0 Å². The highest BCUT2D eigenvalue weighted by Gasteiger charge is 2.40. The van der Waals surface area contributed by atoms with E-state index in [9.17, 15) is 0 Å². The molecule has 1 nitrogen and oxygen atoms in total. The molecule has 0 unspecified atom stereocenters. The second kappa shape index (κ2) is 12.3. The Labute approximate surface area is 343 Å². The Kier molecular flexibility index (Phi) is 7.36. The van der Waals surface area contributed by atoms with Crippen molar-refractivity contribution in [1.82, 2.24) is 0 Å². The van der Waals surface area contributed by atoms with Crippen molar-refractivity contribution in [3.05, 3.63) is 209 Å². The zero-order chi connectivity index (χ0) is 39.6. The van der Waals surface area contributed by atoms with Crippen LogP contribution in [-0.2, 0) is 16.2 Å². The smallest absolute Gasteiger partial charge is 0.0543 e. The highest BCUT2D eigenvalue weighted by molar-refractivity contribution is 5.96. The lowest BCUT2D eigenvalue weighted by Crippen LogP contribution is -2.16. The van der Waals surface area contributed by atoms with Crippen molar-refractivity contribution in [2.75, 3.05) is 4.90 Å². The van der Waals surface area contributed by atoms with Gasteiger partial charge in [-0.2, -0.15) is 0 Å². The molecule has 0 heterocycles. The van der Waals surface area contributed by atoms with Crippen molar-refractivity contribution in [3.63, 3.8) is 0 Å². The summed E-state index contributed by atoms with van der Waals surface area (Å²) >= 11 is 0. The van der Waals surface area contributed by atoms with E-state index in [-0.39, 0.29) is 16.2 Å². The number of fused-ring (bicyclic) bond motifs is 9. The lowest BCUT2D eigenvalue weighted by Gasteiger charge is -2.30. The summed E-state index contributed by atoms with van der Waals surface area (Å²) in [6, 6.07) is 66.1. The van der Waals surface area contributed by atoms with Crippen LogP contribution < -0.4 is 4.90 Å². The highest BCUT2D eigenvalue weighted by atomic mass is 15.1. The van der Waals surface area contributed by atoms with E-state index in [0.717, 1.165) is 11.4 Å². The second-order valence-corrected chi connectivity index (χ2v) is 18.1. The molecule has 0 aliphatic heterocycles. The van der Waals surface area contributed by atoms with E-state index in [1.165, 1.54) is 94.7 Å². The van der Waals surface area contributed by atoms with E-state index >= 15 is 0 Å². The minimum absolute atomic E-state index is 0.0433. The molecule has 11 rings (SSSR count). The average molecular weight is 746 g/mol. The van der Waals surface area contributed by atoms with Crippen molar-refractivity contribution in [2.45, 2.75) is 57.8 Å². The van der Waals surface area contributed by atoms with Crippen LogP contribution in [0.3, 0.4) is 0 Å². The Morgan fingerprint density at radius 1 is 0.310 bits per heavy atom. The molecule has 0 saturated heterocycles. The first-order valence-corrected chi connectivity index (χ1v) is 20.8. The van der Waals surface area contributed by atoms with Gasteiger partial charge in [-0.3, -0.25) is 0 Å². The van der Waals surface area contributed by atoms with Crippen molar-refractivity contribution in [2.24, 2.45) is 0 Å². The molecule has 3 aliphatic carbocycles. The summed E-state index contributed by atoms with van der Waals surface area (Å²) in [7, 11) is 0. The van der Waals surface area contributed by atoms with Crippen molar-refractivity contribution < 1.29 is 0 Å². The maximum Gasteiger partial charge on any atom is 0.0543 e. The Bertz CT molecular complexity index is 2970. The van der Waals surface area contributed by atoms with Crippen molar-refractivity contribution in [3.8, 4) is 55.6 Å². The largest absolute Gasteiger partial charge is 0.310 e. The van der Waals surface area contributed by atoms with Crippen molar-refractivity contribution >= 4 is 17.1 Å². The fraction of sp³-hybridized carbons (Fsp3) is 0.158. The van der Waals surface area contributed by atoms with Crippen molar-refractivity contribution in [1.29, 1.82) is 0 Å². The molecule has 0 radical (unpaired) electrons. The molecule has 1 heteroatoms. The van der Waals surface area contributed by atoms with Gasteiger partial charge in [-0.25, -0.2) is 0 Å². The van der Waals surface area contributed by atoms with E-state index in [4.69, 9.17) is 0 Å². The molecule has 8 aromatic rings. The third-order valence-electron chi connectivity index (χ3n) is 13.9. The number of rotatable bonds is 5. The van der Waals surface area contributed by atoms with Crippen LogP contribution in [0.4, 0.5) is 17.1 Å².